The van der Waals surface area contributed by atoms with E-state index < -0.39 is 17.6 Å². The third-order valence-corrected chi connectivity index (χ3v) is 5.33. The molecule has 8 heteroatoms. The maximum atomic E-state index is 13.6. The average molecular weight is 431 g/mol. The summed E-state index contributed by atoms with van der Waals surface area (Å²) in [6.07, 6.45) is 0.682. The van der Waals surface area contributed by atoms with Crippen LogP contribution in [0.1, 0.15) is 40.2 Å². The first-order valence-electron chi connectivity index (χ1n) is 10.0. The largest absolute Gasteiger partial charge is 0.416 e. The summed E-state index contributed by atoms with van der Waals surface area (Å²) in [7, 11) is 0. The number of rotatable bonds is 7. The van der Waals surface area contributed by atoms with Crippen molar-refractivity contribution in [2.75, 3.05) is 6.54 Å². The summed E-state index contributed by atoms with van der Waals surface area (Å²) >= 11 is 0. The number of halogens is 4. The van der Waals surface area contributed by atoms with E-state index in [0.717, 1.165) is 18.9 Å². The number of carbonyl (C=O) groups is 1. The minimum Gasteiger partial charge on any atom is -0.331 e. The van der Waals surface area contributed by atoms with Crippen molar-refractivity contribution in [3.8, 4) is 0 Å². The Morgan fingerprint density at radius 2 is 1.90 bits per heavy atom. The first-order valence-corrected chi connectivity index (χ1v) is 10.0. The number of alkyl halides is 3. The molecule has 0 bridgehead atoms. The molecule has 31 heavy (non-hydrogen) atoms. The van der Waals surface area contributed by atoms with Crippen molar-refractivity contribution < 1.29 is 22.4 Å². The Kier molecular flexibility index (Phi) is 5.80. The van der Waals surface area contributed by atoms with Gasteiger partial charge in [0.05, 0.1) is 12.1 Å². The summed E-state index contributed by atoms with van der Waals surface area (Å²) in [6.45, 7) is 0.616. The molecular weight excluding hydrogens is 410 g/mol. The van der Waals surface area contributed by atoms with Gasteiger partial charge < -0.3 is 9.47 Å². The zero-order valence-corrected chi connectivity index (χ0v) is 16.6. The highest BCUT2D eigenvalue weighted by molar-refractivity contribution is 5.94. The maximum absolute atomic E-state index is 13.6. The topological polar surface area (TPSA) is 38.1 Å². The molecule has 0 unspecified atom stereocenters. The summed E-state index contributed by atoms with van der Waals surface area (Å²) in [6, 6.07) is 10.9. The van der Waals surface area contributed by atoms with Crippen molar-refractivity contribution in [2.45, 2.75) is 32.1 Å². The van der Waals surface area contributed by atoms with E-state index in [2.05, 4.69) is 4.98 Å². The average Bonchev–Trinajstić information content (AvgIpc) is 3.45. The Bertz CT molecular complexity index is 1070. The van der Waals surface area contributed by atoms with Crippen LogP contribution in [0.4, 0.5) is 17.6 Å². The fraction of sp³-hybridized carbons (Fsp3) is 0.304. The molecule has 1 aliphatic rings. The summed E-state index contributed by atoms with van der Waals surface area (Å²) in [5.74, 6) is 0.0355. The van der Waals surface area contributed by atoms with Gasteiger partial charge in [0.15, 0.2) is 0 Å². The normalized spacial score (nSPS) is 13.9. The molecule has 2 aromatic carbocycles. The van der Waals surface area contributed by atoms with Crippen LogP contribution in [0, 0.1) is 11.7 Å². The second kappa shape index (κ2) is 8.53. The van der Waals surface area contributed by atoms with Gasteiger partial charge in [0.25, 0.3) is 5.91 Å². The maximum Gasteiger partial charge on any atom is 0.416 e. The first-order chi connectivity index (χ1) is 14.8. The third kappa shape index (κ3) is 5.13. The molecule has 0 saturated heterocycles. The highest BCUT2D eigenvalue weighted by Gasteiger charge is 2.33. The minimum atomic E-state index is -4.46. The van der Waals surface area contributed by atoms with Gasteiger partial charge in [-0.25, -0.2) is 9.37 Å². The van der Waals surface area contributed by atoms with Gasteiger partial charge in [-0.05, 0) is 48.6 Å². The molecule has 0 atom stereocenters. The fourth-order valence-corrected chi connectivity index (χ4v) is 3.56. The Morgan fingerprint density at radius 3 is 2.61 bits per heavy atom. The summed E-state index contributed by atoms with van der Waals surface area (Å²) in [5.41, 5.74) is -0.332. The van der Waals surface area contributed by atoms with E-state index in [1.165, 1.54) is 36.5 Å². The minimum absolute atomic E-state index is 0.0174. The molecule has 4 nitrogen and oxygen atoms in total. The summed E-state index contributed by atoms with van der Waals surface area (Å²) in [4.78, 5) is 18.9. The standard InChI is InChI=1S/C23H21F4N3O/c24-19-6-3-5-17(12-19)22(31)30(13-16-8-9-16)15-21-28-10-11-29(21)14-18-4-1-2-7-20(18)23(25,26)27/h1-7,10-12,16H,8-9,13-15H2. The van der Waals surface area contributed by atoms with Crippen molar-refractivity contribution >= 4 is 5.91 Å². The molecule has 1 heterocycles. The van der Waals surface area contributed by atoms with E-state index >= 15 is 0 Å². The van der Waals surface area contributed by atoms with Gasteiger partial charge in [0.1, 0.15) is 11.6 Å². The van der Waals surface area contributed by atoms with Crippen LogP contribution in [0.3, 0.4) is 0 Å². The van der Waals surface area contributed by atoms with E-state index in [0.29, 0.717) is 18.3 Å². The summed E-state index contributed by atoms with van der Waals surface area (Å²) in [5, 5.41) is 0. The Morgan fingerprint density at radius 1 is 1.13 bits per heavy atom. The Hall–Kier alpha value is -3.16. The van der Waals surface area contributed by atoms with Crippen molar-refractivity contribution in [2.24, 2.45) is 5.92 Å². The van der Waals surface area contributed by atoms with Crippen molar-refractivity contribution in [1.29, 1.82) is 0 Å². The Balaban J connectivity index is 1.58. The highest BCUT2D eigenvalue weighted by Crippen LogP contribution is 2.33. The number of nitrogens with zero attached hydrogens (tertiary/aromatic N) is 3. The van der Waals surface area contributed by atoms with Gasteiger partial charge in [-0.1, -0.05) is 24.3 Å². The van der Waals surface area contributed by atoms with E-state index in [-0.39, 0.29) is 30.1 Å². The van der Waals surface area contributed by atoms with Crippen LogP contribution >= 0.6 is 0 Å². The lowest BCUT2D eigenvalue weighted by molar-refractivity contribution is -0.138. The van der Waals surface area contributed by atoms with Crippen LogP contribution in [-0.2, 0) is 19.3 Å². The molecule has 0 radical (unpaired) electrons. The zero-order chi connectivity index (χ0) is 22.0. The molecule has 0 N–H and O–H groups in total. The smallest absolute Gasteiger partial charge is 0.331 e. The molecule has 1 fully saturated rings. The highest BCUT2D eigenvalue weighted by atomic mass is 19.4. The molecule has 3 aromatic rings. The number of aromatic nitrogens is 2. The quantitative estimate of drug-likeness (QED) is 0.486. The van der Waals surface area contributed by atoms with Crippen molar-refractivity contribution in [3.05, 3.63) is 89.3 Å². The molecule has 1 aliphatic carbocycles. The van der Waals surface area contributed by atoms with Gasteiger partial charge in [-0.3, -0.25) is 4.79 Å². The molecule has 0 aliphatic heterocycles. The lowest BCUT2D eigenvalue weighted by atomic mass is 10.1. The van der Waals surface area contributed by atoms with E-state index in [4.69, 9.17) is 0 Å². The van der Waals surface area contributed by atoms with Gasteiger partial charge in [0, 0.05) is 31.0 Å². The fourth-order valence-electron chi connectivity index (χ4n) is 3.56. The number of benzene rings is 2. The lowest BCUT2D eigenvalue weighted by Gasteiger charge is -2.23. The van der Waals surface area contributed by atoms with Crippen LogP contribution < -0.4 is 0 Å². The van der Waals surface area contributed by atoms with Crippen LogP contribution in [0.5, 0.6) is 0 Å². The van der Waals surface area contributed by atoms with Crippen molar-refractivity contribution in [1.82, 2.24) is 14.5 Å². The first kappa shape index (κ1) is 21.1. The van der Waals surface area contributed by atoms with Crippen LogP contribution in [0.25, 0.3) is 0 Å². The van der Waals surface area contributed by atoms with E-state index in [1.54, 1.807) is 27.8 Å². The zero-order valence-electron chi connectivity index (χ0n) is 16.6. The molecule has 162 valence electrons. The number of imidazole rings is 1. The number of hydrogen-bond acceptors (Lipinski definition) is 2. The van der Waals surface area contributed by atoms with Crippen LogP contribution in [0.15, 0.2) is 60.9 Å². The van der Waals surface area contributed by atoms with E-state index in [9.17, 15) is 22.4 Å². The van der Waals surface area contributed by atoms with E-state index in [1.807, 2.05) is 0 Å². The summed E-state index contributed by atoms with van der Waals surface area (Å²) < 4.78 is 55.3. The molecule has 0 spiro atoms. The van der Waals surface area contributed by atoms with Gasteiger partial charge in [-0.2, -0.15) is 13.2 Å². The number of carbonyl (C=O) groups excluding carboxylic acids is 1. The molecular formula is C23H21F4N3O. The third-order valence-electron chi connectivity index (χ3n) is 5.33. The number of amides is 1. The number of hydrogen-bond donors (Lipinski definition) is 0. The van der Waals surface area contributed by atoms with Crippen LogP contribution in [0.2, 0.25) is 0 Å². The Labute approximate surface area is 177 Å². The molecule has 4 rings (SSSR count). The molecule has 1 amide bonds. The molecule has 1 aromatic heterocycles. The predicted octanol–water partition coefficient (Wildman–Crippen LogP) is 5.14. The lowest BCUT2D eigenvalue weighted by Crippen LogP contribution is -2.33. The van der Waals surface area contributed by atoms with Crippen molar-refractivity contribution in [3.63, 3.8) is 0 Å². The van der Waals surface area contributed by atoms with Gasteiger partial charge in [0.2, 0.25) is 0 Å². The predicted molar refractivity (Wildman–Crippen MR) is 107 cm³/mol. The van der Waals surface area contributed by atoms with Crippen LogP contribution in [-0.4, -0.2) is 26.9 Å². The SMILES string of the molecule is O=C(c1cccc(F)c1)N(Cc1nccn1Cc1ccccc1C(F)(F)F)CC1CC1. The van der Waals surface area contributed by atoms with Gasteiger partial charge >= 0.3 is 6.18 Å². The van der Waals surface area contributed by atoms with Gasteiger partial charge in [-0.15, -0.1) is 0 Å². The second-order valence-corrected chi connectivity index (χ2v) is 7.77. The molecule has 1 saturated carbocycles. The second-order valence-electron chi connectivity index (χ2n) is 7.77. The monoisotopic (exact) mass is 431 g/mol.